The Morgan fingerprint density at radius 3 is 2.62 bits per heavy atom. The van der Waals surface area contributed by atoms with E-state index in [1.165, 1.54) is 10.9 Å². The van der Waals surface area contributed by atoms with Crippen LogP contribution >= 0.6 is 0 Å². The van der Waals surface area contributed by atoms with E-state index in [2.05, 4.69) is 20.4 Å². The van der Waals surface area contributed by atoms with Gasteiger partial charge in [0, 0.05) is 12.5 Å². The number of hydrogen-bond donors (Lipinski definition) is 2. The maximum Gasteiger partial charge on any atom is 0.275 e. The van der Waals surface area contributed by atoms with Crippen LogP contribution in [-0.2, 0) is 6.42 Å². The maximum atomic E-state index is 12.9. The summed E-state index contributed by atoms with van der Waals surface area (Å²) in [4.78, 5) is 32.0. The number of aromatic nitrogens is 4. The number of methoxy groups -OCH3 is 1. The fourth-order valence-electron chi connectivity index (χ4n) is 3.13. The molecule has 2 aromatic carbocycles. The molecule has 0 spiro atoms. The van der Waals surface area contributed by atoms with E-state index in [1.807, 2.05) is 36.4 Å². The van der Waals surface area contributed by atoms with Gasteiger partial charge in [-0.15, -0.1) is 0 Å². The molecule has 0 aliphatic carbocycles. The normalized spacial score (nSPS) is 10.4. The molecule has 0 aliphatic heterocycles. The van der Waals surface area contributed by atoms with Crippen LogP contribution in [0.15, 0.2) is 71.7 Å². The minimum atomic E-state index is -0.624. The summed E-state index contributed by atoms with van der Waals surface area (Å²) in [7, 11) is 1.58. The first-order valence-corrected chi connectivity index (χ1v) is 9.65. The average molecular weight is 426 g/mol. The van der Waals surface area contributed by atoms with Crippen LogP contribution in [0.2, 0.25) is 0 Å². The number of H-pyrrole nitrogens is 1. The molecule has 0 atom stereocenters. The second kappa shape index (κ2) is 8.97. The van der Waals surface area contributed by atoms with Crippen LogP contribution in [0.1, 0.15) is 27.4 Å². The van der Waals surface area contributed by atoms with Crippen molar-refractivity contribution in [2.24, 2.45) is 0 Å². The van der Waals surface area contributed by atoms with Gasteiger partial charge >= 0.3 is 0 Å². The van der Waals surface area contributed by atoms with Gasteiger partial charge in [0.05, 0.1) is 19.0 Å². The smallest absolute Gasteiger partial charge is 0.275 e. The molecular weight excluding hydrogens is 408 g/mol. The van der Waals surface area contributed by atoms with E-state index >= 15 is 0 Å². The van der Waals surface area contributed by atoms with Crippen molar-refractivity contribution in [3.8, 4) is 17.5 Å². The largest absolute Gasteiger partial charge is 0.497 e. The summed E-state index contributed by atoms with van der Waals surface area (Å²) >= 11 is 0. The van der Waals surface area contributed by atoms with E-state index in [0.29, 0.717) is 23.7 Å². The number of benzene rings is 2. The Morgan fingerprint density at radius 1 is 1.19 bits per heavy atom. The first-order chi connectivity index (χ1) is 15.6. The highest BCUT2D eigenvalue weighted by molar-refractivity contribution is 6.03. The Hall–Kier alpha value is -4.71. The number of rotatable bonds is 6. The molecule has 0 aliphatic rings. The van der Waals surface area contributed by atoms with Crippen molar-refractivity contribution < 1.29 is 9.53 Å². The summed E-state index contributed by atoms with van der Waals surface area (Å²) in [6, 6.07) is 19.5. The van der Waals surface area contributed by atoms with E-state index in [1.54, 1.807) is 31.4 Å². The molecule has 1 amide bonds. The lowest BCUT2D eigenvalue weighted by Crippen LogP contribution is -2.22. The number of amides is 1. The molecule has 0 fully saturated rings. The standard InChI is InChI=1S/C23H18N6O3/c1-32-18-9-7-15(8-10-18)11-20-26-19(12-21(30)27-20)23(31)28-22-16(13-24)14-25-29(22)17-5-3-2-4-6-17/h2-10,12,14H,11H2,1H3,(H,28,31)(H,26,27,30). The highest BCUT2D eigenvalue weighted by atomic mass is 16.5. The summed E-state index contributed by atoms with van der Waals surface area (Å²) in [5.74, 6) is 0.625. The lowest BCUT2D eigenvalue weighted by Gasteiger charge is -2.10. The van der Waals surface area contributed by atoms with Crippen molar-refractivity contribution in [3.63, 3.8) is 0 Å². The van der Waals surface area contributed by atoms with Crippen LogP contribution in [-0.4, -0.2) is 32.8 Å². The topological polar surface area (TPSA) is 126 Å². The molecule has 4 rings (SSSR count). The van der Waals surface area contributed by atoms with Crippen LogP contribution in [0.3, 0.4) is 0 Å². The molecule has 2 heterocycles. The lowest BCUT2D eigenvalue weighted by atomic mass is 10.1. The van der Waals surface area contributed by atoms with Crippen molar-refractivity contribution in [1.29, 1.82) is 5.26 Å². The number of nitriles is 1. The molecule has 0 unspecified atom stereocenters. The number of carbonyl (C=O) groups is 1. The Bertz CT molecular complexity index is 1350. The van der Waals surface area contributed by atoms with Gasteiger partial charge in [-0.1, -0.05) is 30.3 Å². The molecule has 9 nitrogen and oxygen atoms in total. The zero-order chi connectivity index (χ0) is 22.5. The maximum absolute atomic E-state index is 12.9. The summed E-state index contributed by atoms with van der Waals surface area (Å²) in [6.07, 6.45) is 1.69. The third-order valence-corrected chi connectivity index (χ3v) is 4.68. The fourth-order valence-corrected chi connectivity index (χ4v) is 3.13. The minimum Gasteiger partial charge on any atom is -0.497 e. The number of aromatic amines is 1. The summed E-state index contributed by atoms with van der Waals surface area (Å²) in [5, 5.41) is 16.3. The van der Waals surface area contributed by atoms with Crippen LogP contribution in [0.4, 0.5) is 5.82 Å². The van der Waals surface area contributed by atoms with Crippen molar-refractivity contribution in [3.05, 3.63) is 99.9 Å². The number of anilines is 1. The number of nitrogens with one attached hydrogen (secondary N) is 2. The number of ether oxygens (including phenoxy) is 1. The molecule has 0 bridgehead atoms. The second-order valence-electron chi connectivity index (χ2n) is 6.82. The first-order valence-electron chi connectivity index (χ1n) is 9.65. The van der Waals surface area contributed by atoms with Crippen molar-refractivity contribution in [1.82, 2.24) is 19.7 Å². The van der Waals surface area contributed by atoms with Crippen molar-refractivity contribution in [2.45, 2.75) is 6.42 Å². The highest BCUT2D eigenvalue weighted by Crippen LogP contribution is 2.20. The molecule has 2 aromatic heterocycles. The summed E-state index contributed by atoms with van der Waals surface area (Å²) in [6.45, 7) is 0. The fraction of sp³-hybridized carbons (Fsp3) is 0.0870. The summed E-state index contributed by atoms with van der Waals surface area (Å²) in [5.41, 5.74) is 1.22. The zero-order valence-corrected chi connectivity index (χ0v) is 17.1. The molecule has 32 heavy (non-hydrogen) atoms. The predicted octanol–water partition coefficient (Wildman–Crippen LogP) is 2.68. The second-order valence-corrected chi connectivity index (χ2v) is 6.82. The Morgan fingerprint density at radius 2 is 1.94 bits per heavy atom. The molecule has 9 heteroatoms. The molecule has 0 saturated heterocycles. The van der Waals surface area contributed by atoms with Gasteiger partial charge in [0.2, 0.25) is 0 Å². The van der Waals surface area contributed by atoms with Gasteiger partial charge in [-0.3, -0.25) is 9.59 Å². The third-order valence-electron chi connectivity index (χ3n) is 4.68. The van der Waals surface area contributed by atoms with Gasteiger partial charge in [0.15, 0.2) is 5.82 Å². The van der Waals surface area contributed by atoms with Crippen LogP contribution in [0.5, 0.6) is 5.75 Å². The number of carbonyl (C=O) groups excluding carboxylic acids is 1. The highest BCUT2D eigenvalue weighted by Gasteiger charge is 2.18. The number of nitrogens with zero attached hydrogens (tertiary/aromatic N) is 4. The zero-order valence-electron chi connectivity index (χ0n) is 17.1. The third kappa shape index (κ3) is 4.39. The summed E-state index contributed by atoms with van der Waals surface area (Å²) < 4.78 is 6.59. The molecule has 158 valence electrons. The Labute approximate surface area is 182 Å². The van der Waals surface area contributed by atoms with Gasteiger partial charge in [-0.2, -0.15) is 10.4 Å². The molecular formula is C23H18N6O3. The quantitative estimate of drug-likeness (QED) is 0.488. The van der Waals surface area contributed by atoms with E-state index in [0.717, 1.165) is 11.6 Å². The first kappa shape index (κ1) is 20.6. The Balaban J connectivity index is 1.61. The average Bonchev–Trinajstić information content (AvgIpc) is 3.22. The van der Waals surface area contributed by atoms with Crippen LogP contribution < -0.4 is 15.6 Å². The van der Waals surface area contributed by atoms with Gasteiger partial charge in [-0.05, 0) is 29.8 Å². The van der Waals surface area contributed by atoms with Crippen LogP contribution in [0, 0.1) is 11.3 Å². The SMILES string of the molecule is COc1ccc(Cc2nc(C(=O)Nc3c(C#N)cnn3-c3ccccc3)cc(=O)[nH]2)cc1. The van der Waals surface area contributed by atoms with Crippen molar-refractivity contribution in [2.75, 3.05) is 12.4 Å². The molecule has 2 N–H and O–H groups in total. The van der Waals surface area contributed by atoms with Crippen LogP contribution in [0.25, 0.3) is 5.69 Å². The van der Waals surface area contributed by atoms with E-state index in [9.17, 15) is 14.9 Å². The minimum absolute atomic E-state index is 0.0676. The van der Waals surface area contributed by atoms with Gasteiger partial charge in [0.25, 0.3) is 11.5 Å². The predicted molar refractivity (Wildman–Crippen MR) is 117 cm³/mol. The van der Waals surface area contributed by atoms with Gasteiger partial charge in [0.1, 0.15) is 28.9 Å². The number of hydrogen-bond acceptors (Lipinski definition) is 6. The molecule has 0 radical (unpaired) electrons. The van der Waals surface area contributed by atoms with E-state index < -0.39 is 11.5 Å². The molecule has 0 saturated carbocycles. The molecule has 4 aromatic rings. The number of para-hydroxylation sites is 1. The van der Waals surface area contributed by atoms with Gasteiger partial charge < -0.3 is 15.0 Å². The lowest BCUT2D eigenvalue weighted by molar-refractivity contribution is 0.102. The Kier molecular flexibility index (Phi) is 5.76. The van der Waals surface area contributed by atoms with Gasteiger partial charge in [-0.25, -0.2) is 9.67 Å². The van der Waals surface area contributed by atoms with E-state index in [-0.39, 0.29) is 17.1 Å². The van der Waals surface area contributed by atoms with E-state index in [4.69, 9.17) is 4.74 Å². The monoisotopic (exact) mass is 426 g/mol. The van der Waals surface area contributed by atoms with Crippen molar-refractivity contribution >= 4 is 11.7 Å².